The van der Waals surface area contributed by atoms with Crippen molar-refractivity contribution in [1.82, 2.24) is 15.0 Å². The van der Waals surface area contributed by atoms with Crippen LogP contribution in [-0.2, 0) is 17.9 Å². The predicted molar refractivity (Wildman–Crippen MR) is 83.3 cm³/mol. The van der Waals surface area contributed by atoms with Crippen LogP contribution in [0.5, 0.6) is 0 Å². The summed E-state index contributed by atoms with van der Waals surface area (Å²) >= 11 is 0. The van der Waals surface area contributed by atoms with Crippen molar-refractivity contribution in [2.75, 3.05) is 30.9 Å². The number of aromatic nitrogens is 3. The molecule has 0 aliphatic rings. The summed E-state index contributed by atoms with van der Waals surface area (Å²) in [4.78, 5) is 15.1. The second-order valence-corrected chi connectivity index (χ2v) is 4.63. The van der Waals surface area contributed by atoms with Crippen molar-refractivity contribution in [3.63, 3.8) is 0 Å². The number of hydrogen-bond acceptors (Lipinski definition) is 6. The maximum atomic E-state index is 5.39. The van der Waals surface area contributed by atoms with Gasteiger partial charge in [0, 0.05) is 45.7 Å². The molecule has 0 bridgehead atoms. The van der Waals surface area contributed by atoms with E-state index < -0.39 is 0 Å². The fourth-order valence-corrected chi connectivity index (χ4v) is 1.91. The Morgan fingerprint density at radius 2 is 2.00 bits per heavy atom. The lowest BCUT2D eigenvalue weighted by molar-refractivity contribution is 0.128. The van der Waals surface area contributed by atoms with Gasteiger partial charge in [0.25, 0.3) is 0 Å². The number of anilines is 2. The lowest BCUT2D eigenvalue weighted by Crippen LogP contribution is -2.19. The summed E-state index contributed by atoms with van der Waals surface area (Å²) in [5, 5.41) is 3.06. The minimum Gasteiger partial charge on any atom is -0.374 e. The van der Waals surface area contributed by atoms with Gasteiger partial charge in [-0.1, -0.05) is 0 Å². The molecule has 0 unspecified atom stereocenters. The van der Waals surface area contributed by atoms with Gasteiger partial charge in [-0.05, 0) is 24.6 Å². The first kappa shape index (κ1) is 15.2. The van der Waals surface area contributed by atoms with E-state index in [4.69, 9.17) is 4.74 Å². The molecule has 2 heterocycles. The molecule has 0 saturated heterocycles. The molecule has 2 rings (SSSR count). The molecule has 0 aliphatic carbocycles. The Morgan fingerprint density at radius 3 is 2.67 bits per heavy atom. The Kier molecular flexibility index (Phi) is 5.45. The quantitative estimate of drug-likeness (QED) is 0.841. The molecule has 0 spiro atoms. The summed E-state index contributed by atoms with van der Waals surface area (Å²) in [6.07, 6.45) is 3.59. The van der Waals surface area contributed by atoms with Crippen molar-refractivity contribution >= 4 is 11.6 Å². The van der Waals surface area contributed by atoms with E-state index in [-0.39, 0.29) is 0 Å². The Balaban J connectivity index is 2.16. The van der Waals surface area contributed by atoms with Crippen LogP contribution in [0.1, 0.15) is 18.3 Å². The molecular formula is C15H21N5O. The van der Waals surface area contributed by atoms with Gasteiger partial charge in [0.05, 0.1) is 0 Å². The van der Waals surface area contributed by atoms with Crippen LogP contribution in [0.25, 0.3) is 0 Å². The maximum absolute atomic E-state index is 5.39. The molecule has 0 fully saturated rings. The van der Waals surface area contributed by atoms with Gasteiger partial charge in [0.1, 0.15) is 18.2 Å². The van der Waals surface area contributed by atoms with Crippen molar-refractivity contribution in [3.8, 4) is 0 Å². The second-order valence-electron chi connectivity index (χ2n) is 4.63. The van der Waals surface area contributed by atoms with Crippen LogP contribution in [0.4, 0.5) is 11.6 Å². The zero-order chi connectivity index (χ0) is 15.1. The zero-order valence-corrected chi connectivity index (χ0v) is 12.7. The average Bonchev–Trinajstić information content (AvgIpc) is 2.53. The molecule has 0 amide bonds. The first-order chi connectivity index (χ1) is 10.2. The number of rotatable bonds is 7. The third kappa shape index (κ3) is 4.39. The highest BCUT2D eigenvalue weighted by atomic mass is 16.5. The lowest BCUT2D eigenvalue weighted by Gasteiger charge is -2.19. The van der Waals surface area contributed by atoms with Gasteiger partial charge in [-0.2, -0.15) is 0 Å². The predicted octanol–water partition coefficient (Wildman–Crippen LogP) is 2.09. The van der Waals surface area contributed by atoms with Crippen LogP contribution in [0, 0.1) is 0 Å². The normalized spacial score (nSPS) is 10.4. The monoisotopic (exact) mass is 287 g/mol. The zero-order valence-electron chi connectivity index (χ0n) is 12.7. The summed E-state index contributed by atoms with van der Waals surface area (Å²) in [5.41, 5.74) is 1.18. The molecule has 0 aliphatic heterocycles. The van der Waals surface area contributed by atoms with E-state index in [0.29, 0.717) is 19.0 Å². The van der Waals surface area contributed by atoms with E-state index in [9.17, 15) is 0 Å². The summed E-state index contributed by atoms with van der Waals surface area (Å²) in [7, 11) is 3.85. The third-order valence-electron chi connectivity index (χ3n) is 3.01. The fourth-order valence-electron chi connectivity index (χ4n) is 1.91. The highest BCUT2D eigenvalue weighted by Crippen LogP contribution is 2.17. The average molecular weight is 287 g/mol. The Morgan fingerprint density at radius 1 is 1.24 bits per heavy atom. The van der Waals surface area contributed by atoms with Gasteiger partial charge in [-0.25, -0.2) is 9.97 Å². The SMILES string of the molecule is CCOCc1nc(NC)cc(N(C)Cc2ccncc2)n1. The molecule has 1 N–H and O–H groups in total. The summed E-state index contributed by atoms with van der Waals surface area (Å²) in [6.45, 7) is 3.78. The number of ether oxygens (including phenoxy) is 1. The molecule has 0 radical (unpaired) electrons. The summed E-state index contributed by atoms with van der Waals surface area (Å²) in [5.74, 6) is 2.33. The van der Waals surface area contributed by atoms with Gasteiger partial charge in [-0.15, -0.1) is 0 Å². The van der Waals surface area contributed by atoms with Gasteiger partial charge >= 0.3 is 0 Å². The van der Waals surface area contributed by atoms with Gasteiger partial charge in [-0.3, -0.25) is 4.98 Å². The van der Waals surface area contributed by atoms with E-state index in [1.807, 2.05) is 39.2 Å². The first-order valence-electron chi connectivity index (χ1n) is 6.96. The van der Waals surface area contributed by atoms with Gasteiger partial charge in [0.15, 0.2) is 5.82 Å². The topological polar surface area (TPSA) is 63.2 Å². The largest absolute Gasteiger partial charge is 0.374 e. The number of hydrogen-bond donors (Lipinski definition) is 1. The molecule has 2 aromatic rings. The highest BCUT2D eigenvalue weighted by Gasteiger charge is 2.09. The molecule has 0 aromatic carbocycles. The molecule has 0 saturated carbocycles. The smallest absolute Gasteiger partial charge is 0.158 e. The van der Waals surface area contributed by atoms with Crippen LogP contribution in [0.3, 0.4) is 0 Å². The Hall–Kier alpha value is -2.21. The number of nitrogens with one attached hydrogen (secondary N) is 1. The summed E-state index contributed by atoms with van der Waals surface area (Å²) in [6, 6.07) is 5.92. The van der Waals surface area contributed by atoms with Gasteiger partial charge in [0.2, 0.25) is 0 Å². The Labute approximate surface area is 125 Å². The first-order valence-corrected chi connectivity index (χ1v) is 6.96. The van der Waals surface area contributed by atoms with E-state index >= 15 is 0 Å². The van der Waals surface area contributed by atoms with Crippen molar-refractivity contribution in [2.45, 2.75) is 20.1 Å². The van der Waals surface area contributed by atoms with Crippen LogP contribution in [0.2, 0.25) is 0 Å². The maximum Gasteiger partial charge on any atom is 0.158 e. The number of nitrogens with zero attached hydrogens (tertiary/aromatic N) is 4. The third-order valence-corrected chi connectivity index (χ3v) is 3.01. The van der Waals surface area contributed by atoms with E-state index in [1.54, 1.807) is 12.4 Å². The lowest BCUT2D eigenvalue weighted by atomic mass is 10.2. The molecule has 2 aromatic heterocycles. The molecular weight excluding hydrogens is 266 g/mol. The van der Waals surface area contributed by atoms with E-state index in [2.05, 4.69) is 25.2 Å². The van der Waals surface area contributed by atoms with Crippen molar-refractivity contribution in [2.24, 2.45) is 0 Å². The van der Waals surface area contributed by atoms with Crippen molar-refractivity contribution in [1.29, 1.82) is 0 Å². The second kappa shape index (κ2) is 7.54. The molecule has 6 nitrogen and oxygen atoms in total. The summed E-state index contributed by atoms with van der Waals surface area (Å²) < 4.78 is 5.39. The van der Waals surface area contributed by atoms with Crippen molar-refractivity contribution < 1.29 is 4.74 Å². The van der Waals surface area contributed by atoms with Gasteiger partial charge < -0.3 is 15.0 Å². The molecule has 0 atom stereocenters. The van der Waals surface area contributed by atoms with Crippen LogP contribution in [0.15, 0.2) is 30.6 Å². The standard InChI is InChI=1S/C15H21N5O/c1-4-21-11-14-18-13(16-2)9-15(19-14)20(3)10-12-5-7-17-8-6-12/h5-9H,4,10-11H2,1-3H3,(H,16,18,19). The number of pyridine rings is 1. The Bertz CT molecular complexity index is 561. The highest BCUT2D eigenvalue weighted by molar-refractivity contribution is 5.49. The van der Waals surface area contributed by atoms with Crippen molar-refractivity contribution in [3.05, 3.63) is 42.0 Å². The van der Waals surface area contributed by atoms with E-state index in [1.165, 1.54) is 5.56 Å². The van der Waals surface area contributed by atoms with E-state index in [0.717, 1.165) is 18.2 Å². The molecule has 21 heavy (non-hydrogen) atoms. The van der Waals surface area contributed by atoms with Crippen LogP contribution in [-0.4, -0.2) is 35.7 Å². The molecule has 6 heteroatoms. The minimum absolute atomic E-state index is 0.419. The van der Waals surface area contributed by atoms with Crippen LogP contribution < -0.4 is 10.2 Å². The minimum atomic E-state index is 0.419. The fraction of sp³-hybridized carbons (Fsp3) is 0.400. The molecule has 112 valence electrons. The van der Waals surface area contributed by atoms with Crippen LogP contribution >= 0.6 is 0 Å².